The normalized spacial score (nSPS) is 40.2. The van der Waals surface area contributed by atoms with E-state index in [2.05, 4.69) is 4.52 Å². The van der Waals surface area contributed by atoms with Gasteiger partial charge >= 0.3 is 15.6 Å². The van der Waals surface area contributed by atoms with Crippen LogP contribution in [0.1, 0.15) is 0 Å². The molecule has 3 rings (SSSR count). The van der Waals surface area contributed by atoms with Crippen molar-refractivity contribution in [2.24, 2.45) is 0 Å². The number of hydrogen-bond acceptors (Lipinski definition) is 26. The summed E-state index contributed by atoms with van der Waals surface area (Å²) in [6.45, 7) is -8.25. The zero-order valence-electron chi connectivity index (χ0n) is 29.7. The van der Waals surface area contributed by atoms with Crippen molar-refractivity contribution >= 4 is 15.6 Å². The molecule has 3 saturated heterocycles. The summed E-state index contributed by atoms with van der Waals surface area (Å²) in [6, 6.07) is 0. The first-order chi connectivity index (χ1) is 26.7. The minimum atomic E-state index is -5.34. The van der Waals surface area contributed by atoms with Crippen LogP contribution in [0.3, 0.4) is 0 Å². The molecule has 0 aromatic heterocycles. The Morgan fingerprint density at radius 2 is 0.947 bits per heavy atom. The van der Waals surface area contributed by atoms with Crippen LogP contribution in [-0.2, 0) is 55.6 Å². The smallest absolute Gasteiger partial charge is 0.394 e. The molecule has 5 unspecified atom stereocenters. The molecule has 3 aliphatic rings. The van der Waals surface area contributed by atoms with Crippen LogP contribution in [0.25, 0.3) is 0 Å². The second-order valence-electron chi connectivity index (χ2n) is 12.9. The topological polar surface area (TPSA) is 450 Å². The van der Waals surface area contributed by atoms with Crippen molar-refractivity contribution in [1.29, 1.82) is 0 Å². The van der Waals surface area contributed by atoms with Gasteiger partial charge in [0.25, 0.3) is 0 Å². The number of aliphatic hydroxyl groups excluding tert-OH is 14. The molecule has 3 aliphatic heterocycles. The van der Waals surface area contributed by atoms with Gasteiger partial charge in [-0.05, 0) is 0 Å². The Balaban J connectivity index is 1.70. The third-order valence-corrected chi connectivity index (χ3v) is 10.4. The number of rotatable bonds is 23. The van der Waals surface area contributed by atoms with Crippen molar-refractivity contribution < 1.29 is 137 Å². The molecule has 0 aromatic rings. The van der Waals surface area contributed by atoms with Crippen LogP contribution in [0, 0.1) is 0 Å². The zero-order chi connectivity index (χ0) is 42.8. The van der Waals surface area contributed by atoms with E-state index in [0.29, 0.717) is 0 Å². The molecular formula is C27H52O28P2. The molecule has 0 radical (unpaired) electrons. The lowest BCUT2D eigenvalue weighted by Crippen LogP contribution is -2.64. The molecule has 57 heavy (non-hydrogen) atoms. The third-order valence-electron chi connectivity index (χ3n) is 8.51. The van der Waals surface area contributed by atoms with Crippen molar-refractivity contribution in [2.45, 2.75) is 110 Å². The maximum atomic E-state index is 12.9. The van der Waals surface area contributed by atoms with Gasteiger partial charge in [0.15, 0.2) is 18.9 Å². The summed E-state index contributed by atoms with van der Waals surface area (Å²) in [4.78, 5) is 20.4. The Hall–Kier alpha value is -0.580. The van der Waals surface area contributed by atoms with Crippen LogP contribution in [0.4, 0.5) is 0 Å². The summed E-state index contributed by atoms with van der Waals surface area (Å²) < 4.78 is 76.3. The van der Waals surface area contributed by atoms with E-state index in [4.69, 9.17) is 52.2 Å². The van der Waals surface area contributed by atoms with Gasteiger partial charge in [0.2, 0.25) is 0 Å². The molecule has 0 spiro atoms. The van der Waals surface area contributed by atoms with Crippen LogP contribution >= 0.6 is 15.6 Å². The maximum absolute atomic E-state index is 12.9. The largest absolute Gasteiger partial charge is 0.472 e. The van der Waals surface area contributed by atoms with E-state index < -0.39 is 186 Å². The van der Waals surface area contributed by atoms with E-state index in [-0.39, 0.29) is 0 Å². The molecule has 3 heterocycles. The first kappa shape index (κ1) is 50.8. The van der Waals surface area contributed by atoms with Crippen LogP contribution in [0.2, 0.25) is 0 Å². The van der Waals surface area contributed by atoms with Gasteiger partial charge in [-0.3, -0.25) is 18.1 Å². The van der Waals surface area contributed by atoms with Crippen molar-refractivity contribution in [3.8, 4) is 0 Å². The van der Waals surface area contributed by atoms with E-state index in [1.54, 1.807) is 0 Å². The van der Waals surface area contributed by atoms with Gasteiger partial charge in [-0.25, -0.2) is 9.13 Å². The maximum Gasteiger partial charge on any atom is 0.472 e. The molecule has 16 N–H and O–H groups in total. The number of aliphatic hydroxyl groups is 14. The minimum absolute atomic E-state index is 0.623. The van der Waals surface area contributed by atoms with Crippen molar-refractivity contribution in [1.82, 2.24) is 0 Å². The molecule has 0 aromatic carbocycles. The predicted molar refractivity (Wildman–Crippen MR) is 174 cm³/mol. The monoisotopic (exact) mass is 886 g/mol. The van der Waals surface area contributed by atoms with E-state index >= 15 is 0 Å². The highest BCUT2D eigenvalue weighted by Crippen LogP contribution is 2.46. The average molecular weight is 887 g/mol. The molecule has 30 heteroatoms. The van der Waals surface area contributed by atoms with Crippen molar-refractivity contribution in [2.75, 3.05) is 59.5 Å². The lowest BCUT2D eigenvalue weighted by atomic mass is 9.97. The van der Waals surface area contributed by atoms with Gasteiger partial charge in [0.05, 0.1) is 59.5 Å². The summed E-state index contributed by atoms with van der Waals surface area (Å²) in [6.07, 6.45) is -33.2. The lowest BCUT2D eigenvalue weighted by molar-refractivity contribution is -0.368. The number of phosphoric acid groups is 2. The molecule has 0 amide bonds. The number of hydrogen-bond donors (Lipinski definition) is 16. The number of ether oxygens (including phenoxy) is 6. The van der Waals surface area contributed by atoms with Gasteiger partial charge in [0.1, 0.15) is 91.6 Å². The molecular weight excluding hydrogens is 834 g/mol. The Kier molecular flexibility index (Phi) is 20.5. The van der Waals surface area contributed by atoms with Crippen LogP contribution in [-0.4, -0.2) is 251 Å². The van der Waals surface area contributed by atoms with Gasteiger partial charge < -0.3 is 110 Å². The van der Waals surface area contributed by atoms with Crippen LogP contribution in [0.5, 0.6) is 0 Å². The first-order valence-electron chi connectivity index (χ1n) is 17.1. The molecule has 0 bridgehead atoms. The van der Waals surface area contributed by atoms with Gasteiger partial charge in [-0.15, -0.1) is 0 Å². The van der Waals surface area contributed by atoms with E-state index in [0.717, 1.165) is 0 Å². The first-order valence-corrected chi connectivity index (χ1v) is 20.0. The van der Waals surface area contributed by atoms with Gasteiger partial charge in [0, 0.05) is 0 Å². The van der Waals surface area contributed by atoms with Crippen molar-refractivity contribution in [3.63, 3.8) is 0 Å². The standard InChI is InChI=1S/C27H52O28P2/c28-1-10(32)5-46-27-24(21(39)17(35)14(4-31)53-27)55-26-23(41)20(38)18(36)15(54-26)9-50-57(44,45)49-8-12(7-48-56(42,43)47-6-11(33)2-29)51-25-22(40)19(37)16(34)13(3-30)52-25/h10-41H,1-9H2,(H,42,43)(H,44,45)/t10?,11?,12?,13-,14-,15-,16+,17-,18-,19+,20+,21+,22-,23-,24-,25+,26-,27+/m1/s1. The van der Waals surface area contributed by atoms with E-state index in [9.17, 15) is 80.2 Å². The fourth-order valence-electron chi connectivity index (χ4n) is 5.24. The summed E-state index contributed by atoms with van der Waals surface area (Å²) in [5.74, 6) is 0. The predicted octanol–water partition coefficient (Wildman–Crippen LogP) is -9.21. The van der Waals surface area contributed by atoms with Gasteiger partial charge in [-0.1, -0.05) is 0 Å². The summed E-state index contributed by atoms with van der Waals surface area (Å²) in [5, 5.41) is 139. The summed E-state index contributed by atoms with van der Waals surface area (Å²) >= 11 is 0. The second kappa shape index (κ2) is 23.0. The minimum Gasteiger partial charge on any atom is -0.394 e. The van der Waals surface area contributed by atoms with Crippen molar-refractivity contribution in [3.05, 3.63) is 0 Å². The van der Waals surface area contributed by atoms with E-state index in [1.165, 1.54) is 0 Å². The Bertz CT molecular complexity index is 1270. The highest BCUT2D eigenvalue weighted by molar-refractivity contribution is 7.47. The molecule has 0 saturated carbocycles. The second-order valence-corrected chi connectivity index (χ2v) is 15.8. The molecule has 3 fully saturated rings. The Morgan fingerprint density at radius 3 is 1.49 bits per heavy atom. The summed E-state index contributed by atoms with van der Waals surface area (Å²) in [5.41, 5.74) is 0. The molecule has 0 aliphatic carbocycles. The summed E-state index contributed by atoms with van der Waals surface area (Å²) in [7, 11) is -10.4. The third kappa shape index (κ3) is 14.5. The fourth-order valence-corrected chi connectivity index (χ4v) is 6.80. The zero-order valence-corrected chi connectivity index (χ0v) is 31.5. The highest BCUT2D eigenvalue weighted by atomic mass is 31.2. The molecule has 338 valence electrons. The number of phosphoric ester groups is 2. The SMILES string of the molecule is O=P(O)(OCC(O)CO)OCC(COP(=O)(O)OC[C@H]1O[C@H](O[C@H]2[C@@H](OCC(O)CO)O[C@H](CO)[C@@H](O)[C@@H]2O)[C@H](O)[C@@H](O)[C@@H]1O)O[C@H]1O[C@H](CO)[C@H](O)[C@H](O)[C@H]1O. The fraction of sp³-hybridized carbons (Fsp3) is 1.00. The van der Waals surface area contributed by atoms with Crippen LogP contribution < -0.4 is 0 Å². The van der Waals surface area contributed by atoms with Gasteiger partial charge in [-0.2, -0.15) is 0 Å². The average Bonchev–Trinajstić information content (AvgIpc) is 3.18. The Labute approximate surface area is 322 Å². The van der Waals surface area contributed by atoms with E-state index in [1.807, 2.05) is 0 Å². The lowest BCUT2D eigenvalue weighted by Gasteiger charge is -2.46. The Morgan fingerprint density at radius 1 is 0.509 bits per heavy atom. The molecule has 20 atom stereocenters. The highest BCUT2D eigenvalue weighted by Gasteiger charge is 2.52. The quantitative estimate of drug-likeness (QED) is 0.0424. The van der Waals surface area contributed by atoms with Crippen LogP contribution in [0.15, 0.2) is 0 Å². The molecule has 28 nitrogen and oxygen atoms in total.